The van der Waals surface area contributed by atoms with Crippen molar-refractivity contribution in [2.45, 2.75) is 110 Å². The third kappa shape index (κ3) is 3.27. The van der Waals surface area contributed by atoms with Gasteiger partial charge < -0.3 is 33.2 Å². The van der Waals surface area contributed by atoms with Crippen molar-refractivity contribution in [1.29, 1.82) is 0 Å². The molecule has 13 unspecified atom stereocenters. The van der Waals surface area contributed by atoms with Crippen LogP contribution in [-0.4, -0.2) is 65.7 Å². The first kappa shape index (κ1) is 29.0. The van der Waals surface area contributed by atoms with E-state index in [2.05, 4.69) is 20.8 Å². The van der Waals surface area contributed by atoms with Crippen molar-refractivity contribution in [1.82, 2.24) is 0 Å². The van der Waals surface area contributed by atoms with Crippen LogP contribution >= 0.6 is 0 Å². The largest absolute Gasteiger partial charge is 0.472 e. The number of fused-ring (bicyclic) bond motifs is 2. The van der Waals surface area contributed by atoms with Crippen molar-refractivity contribution in [3.8, 4) is 0 Å². The summed E-state index contributed by atoms with van der Waals surface area (Å²) in [5.74, 6) is -1.82. The molecule has 4 heterocycles. The van der Waals surface area contributed by atoms with Gasteiger partial charge in [-0.2, -0.15) is 0 Å². The lowest BCUT2D eigenvalue weighted by atomic mass is 9.34. The van der Waals surface area contributed by atoms with E-state index in [0.717, 1.165) is 5.56 Å². The number of cyclic esters (lactones) is 1. The SMILES string of the molecule is CC=C(C)C(=O)OC1CC(OC(C)=O)C2(C)COC3C2C1(C)C1CCC2(C)C(c4ccoc4)OC(=O)C4OC42C1(C)C3O. The van der Waals surface area contributed by atoms with Crippen molar-refractivity contribution in [2.75, 3.05) is 6.61 Å². The minimum absolute atomic E-state index is 0.228. The van der Waals surface area contributed by atoms with E-state index in [1.165, 1.54) is 6.92 Å². The molecule has 6 aliphatic rings. The maximum atomic E-state index is 13.5. The fourth-order valence-corrected chi connectivity index (χ4v) is 11.0. The Bertz CT molecular complexity index is 1400. The van der Waals surface area contributed by atoms with Crippen LogP contribution in [0.1, 0.15) is 79.4 Å². The third-order valence-electron chi connectivity index (χ3n) is 13.0. The second kappa shape index (κ2) is 8.95. The molecule has 10 heteroatoms. The van der Waals surface area contributed by atoms with Crippen LogP contribution in [0.3, 0.4) is 0 Å². The number of rotatable bonds is 4. The molecule has 3 aliphatic carbocycles. The van der Waals surface area contributed by atoms with Crippen molar-refractivity contribution in [3.63, 3.8) is 0 Å². The lowest BCUT2D eigenvalue weighted by Gasteiger charge is -2.71. The van der Waals surface area contributed by atoms with E-state index >= 15 is 0 Å². The molecular formula is C33H42O10. The van der Waals surface area contributed by atoms with Gasteiger partial charge in [0.05, 0.1) is 31.3 Å². The molecule has 1 spiro atoms. The molecule has 0 amide bonds. The fraction of sp³-hybridized carbons (Fsp3) is 0.727. The first-order valence-electron chi connectivity index (χ1n) is 15.4. The number of hydrogen-bond acceptors (Lipinski definition) is 10. The van der Waals surface area contributed by atoms with Crippen molar-refractivity contribution >= 4 is 17.9 Å². The van der Waals surface area contributed by atoms with Gasteiger partial charge in [0.1, 0.15) is 23.9 Å². The molecule has 234 valence electrons. The van der Waals surface area contributed by atoms with Crippen LogP contribution in [0.4, 0.5) is 0 Å². The maximum absolute atomic E-state index is 13.5. The second-order valence-electron chi connectivity index (χ2n) is 14.7. The summed E-state index contributed by atoms with van der Waals surface area (Å²) >= 11 is 0. The van der Waals surface area contributed by atoms with Crippen LogP contribution in [0, 0.1) is 33.5 Å². The van der Waals surface area contributed by atoms with Gasteiger partial charge in [-0.05, 0) is 38.7 Å². The Hall–Kier alpha value is -2.69. The Balaban J connectivity index is 1.39. The lowest BCUT2D eigenvalue weighted by Crippen LogP contribution is -2.77. The highest BCUT2D eigenvalue weighted by molar-refractivity contribution is 5.87. The Morgan fingerprint density at radius 1 is 1.09 bits per heavy atom. The van der Waals surface area contributed by atoms with Gasteiger partial charge in [-0.1, -0.05) is 33.8 Å². The van der Waals surface area contributed by atoms with E-state index in [9.17, 15) is 19.5 Å². The molecule has 1 N–H and O–H groups in total. The minimum Gasteiger partial charge on any atom is -0.472 e. The average molecular weight is 599 g/mol. The number of ether oxygens (including phenoxy) is 5. The molecule has 3 saturated carbocycles. The number of esters is 3. The summed E-state index contributed by atoms with van der Waals surface area (Å²) in [6.07, 6.45) is 2.16. The predicted molar refractivity (Wildman–Crippen MR) is 149 cm³/mol. The highest BCUT2D eigenvalue weighted by atomic mass is 16.7. The van der Waals surface area contributed by atoms with Gasteiger partial charge in [0.15, 0.2) is 6.10 Å². The van der Waals surface area contributed by atoms with Crippen molar-refractivity contribution in [3.05, 3.63) is 35.8 Å². The number of carbonyl (C=O) groups excluding carboxylic acids is 3. The summed E-state index contributed by atoms with van der Waals surface area (Å²) < 4.78 is 36.8. The normalized spacial score (nSPS) is 51.3. The molecule has 7 rings (SSSR count). The number of aliphatic hydroxyl groups excluding tert-OH is 1. The zero-order valence-corrected chi connectivity index (χ0v) is 25.9. The fourth-order valence-electron chi connectivity index (χ4n) is 11.0. The number of aliphatic hydroxyl groups is 1. The summed E-state index contributed by atoms with van der Waals surface area (Å²) in [5.41, 5.74) is -2.78. The van der Waals surface area contributed by atoms with Gasteiger partial charge in [0, 0.05) is 52.1 Å². The van der Waals surface area contributed by atoms with E-state index < -0.39 is 81.8 Å². The number of furan rings is 1. The molecule has 0 bridgehead atoms. The molecule has 0 radical (unpaired) electrons. The summed E-state index contributed by atoms with van der Waals surface area (Å²) in [4.78, 5) is 39.1. The van der Waals surface area contributed by atoms with Gasteiger partial charge in [-0.3, -0.25) is 4.79 Å². The molecule has 43 heavy (non-hydrogen) atoms. The Morgan fingerprint density at radius 2 is 1.84 bits per heavy atom. The molecule has 3 saturated heterocycles. The summed E-state index contributed by atoms with van der Waals surface area (Å²) in [6.45, 7) is 13.5. The lowest BCUT2D eigenvalue weighted by molar-refractivity contribution is -0.303. The van der Waals surface area contributed by atoms with Gasteiger partial charge in [0.2, 0.25) is 0 Å². The predicted octanol–water partition coefficient (Wildman–Crippen LogP) is 4.05. The van der Waals surface area contributed by atoms with Gasteiger partial charge in [0.25, 0.3) is 0 Å². The second-order valence-corrected chi connectivity index (χ2v) is 14.7. The minimum atomic E-state index is -1.05. The maximum Gasteiger partial charge on any atom is 0.339 e. The standard InChI is InChI=1S/C33H42O10/c1-8-16(2)27(36)41-21-13-20(40-17(3)34)29(4)15-39-22-23(29)31(21,6)19-9-11-30(5)25(18-10-12-38-14-18)42-28(37)26-33(30,43-26)32(19,7)24(22)35/h8,10,12,14,19-26,35H,9,11,13,15H2,1-7H3. The number of carbonyl (C=O) groups is 3. The molecular weight excluding hydrogens is 556 g/mol. The Labute approximate surface area is 251 Å². The monoisotopic (exact) mass is 598 g/mol. The van der Waals surface area contributed by atoms with Gasteiger partial charge in [-0.25, -0.2) is 9.59 Å². The van der Waals surface area contributed by atoms with Crippen LogP contribution in [0.15, 0.2) is 34.7 Å². The van der Waals surface area contributed by atoms with E-state index in [4.69, 9.17) is 28.1 Å². The topological polar surface area (TPSA) is 134 Å². The number of allylic oxidation sites excluding steroid dienone is 1. The summed E-state index contributed by atoms with van der Waals surface area (Å²) in [7, 11) is 0. The van der Waals surface area contributed by atoms with E-state index in [0.29, 0.717) is 24.8 Å². The van der Waals surface area contributed by atoms with E-state index in [1.807, 2.05) is 13.0 Å². The summed E-state index contributed by atoms with van der Waals surface area (Å²) in [6, 6.07) is 1.81. The van der Waals surface area contributed by atoms with E-state index in [1.54, 1.807) is 32.4 Å². The van der Waals surface area contributed by atoms with E-state index in [-0.39, 0.29) is 18.4 Å². The highest BCUT2D eigenvalue weighted by Crippen LogP contribution is 2.81. The van der Waals surface area contributed by atoms with Crippen molar-refractivity contribution < 1.29 is 47.6 Å². The van der Waals surface area contributed by atoms with Crippen LogP contribution in [0.2, 0.25) is 0 Å². The molecule has 13 atom stereocenters. The Kier molecular flexibility index (Phi) is 6.04. The van der Waals surface area contributed by atoms with Crippen LogP contribution in [0.25, 0.3) is 0 Å². The average Bonchev–Trinajstić information content (AvgIpc) is 3.32. The van der Waals surface area contributed by atoms with Gasteiger partial charge in [-0.15, -0.1) is 0 Å². The third-order valence-corrected chi connectivity index (χ3v) is 13.0. The highest BCUT2D eigenvalue weighted by Gasteiger charge is 2.90. The number of epoxide rings is 1. The molecule has 10 nitrogen and oxygen atoms in total. The zero-order chi connectivity index (χ0) is 30.9. The first-order chi connectivity index (χ1) is 20.2. The zero-order valence-electron chi connectivity index (χ0n) is 25.9. The summed E-state index contributed by atoms with van der Waals surface area (Å²) in [5, 5.41) is 12.5. The Morgan fingerprint density at radius 3 is 2.49 bits per heavy atom. The number of hydrogen-bond donors (Lipinski definition) is 1. The first-order valence-corrected chi connectivity index (χ1v) is 15.4. The van der Waals surface area contributed by atoms with Crippen LogP contribution < -0.4 is 0 Å². The molecule has 3 aliphatic heterocycles. The van der Waals surface area contributed by atoms with Crippen LogP contribution in [0.5, 0.6) is 0 Å². The van der Waals surface area contributed by atoms with Crippen LogP contribution in [-0.2, 0) is 38.1 Å². The molecule has 6 fully saturated rings. The smallest absolute Gasteiger partial charge is 0.339 e. The molecule has 1 aromatic rings. The van der Waals surface area contributed by atoms with Crippen molar-refractivity contribution in [2.24, 2.45) is 33.5 Å². The quantitative estimate of drug-likeness (QED) is 0.234. The van der Waals surface area contributed by atoms with Gasteiger partial charge >= 0.3 is 17.9 Å². The molecule has 0 aromatic carbocycles. The molecule has 1 aromatic heterocycles.